The van der Waals surface area contributed by atoms with Gasteiger partial charge in [-0.1, -0.05) is 11.8 Å². The zero-order valence-electron chi connectivity index (χ0n) is 13.7. The number of amides is 1. The van der Waals surface area contributed by atoms with Gasteiger partial charge in [0.05, 0.1) is 11.3 Å². The molecule has 0 radical (unpaired) electrons. The molecule has 130 valence electrons. The predicted molar refractivity (Wildman–Crippen MR) is 100 cm³/mol. The van der Waals surface area contributed by atoms with Gasteiger partial charge in [-0.05, 0) is 49.1 Å². The first-order chi connectivity index (χ1) is 12.0. The van der Waals surface area contributed by atoms with Crippen LogP contribution in [0.3, 0.4) is 0 Å². The Morgan fingerprint density at radius 1 is 1.40 bits per heavy atom. The van der Waals surface area contributed by atoms with Crippen LogP contribution in [0.5, 0.6) is 0 Å². The standard InChI is InChI=1S/C17H16FN3O2S2/c1-3-21-16(23)15-13(6-7-24-15)20-17(21)25-9-14(22)19-12-5-4-11(18)8-10(12)2/h4-8H,3,9H2,1-2H3,(H,19,22). The summed E-state index contributed by atoms with van der Waals surface area (Å²) in [6, 6.07) is 6.00. The molecule has 8 heteroatoms. The lowest BCUT2D eigenvalue weighted by molar-refractivity contribution is -0.113. The third-order valence-electron chi connectivity index (χ3n) is 3.64. The van der Waals surface area contributed by atoms with E-state index in [-0.39, 0.29) is 23.0 Å². The maximum absolute atomic E-state index is 13.1. The van der Waals surface area contributed by atoms with Crippen LogP contribution >= 0.6 is 23.1 Å². The van der Waals surface area contributed by atoms with Crippen molar-refractivity contribution in [2.24, 2.45) is 0 Å². The molecule has 0 aliphatic rings. The first-order valence-electron chi connectivity index (χ1n) is 7.66. The fourth-order valence-electron chi connectivity index (χ4n) is 2.40. The molecule has 0 saturated heterocycles. The van der Waals surface area contributed by atoms with Crippen molar-refractivity contribution in [3.05, 3.63) is 51.4 Å². The van der Waals surface area contributed by atoms with E-state index < -0.39 is 0 Å². The van der Waals surface area contributed by atoms with Crippen molar-refractivity contribution in [1.29, 1.82) is 0 Å². The molecule has 0 atom stereocenters. The van der Waals surface area contributed by atoms with Crippen molar-refractivity contribution in [2.75, 3.05) is 11.1 Å². The minimum atomic E-state index is -0.342. The van der Waals surface area contributed by atoms with E-state index in [4.69, 9.17) is 0 Å². The van der Waals surface area contributed by atoms with Gasteiger partial charge >= 0.3 is 0 Å². The van der Waals surface area contributed by atoms with E-state index in [9.17, 15) is 14.0 Å². The summed E-state index contributed by atoms with van der Waals surface area (Å²) in [5.41, 5.74) is 1.79. The van der Waals surface area contributed by atoms with Crippen LogP contribution in [0.2, 0.25) is 0 Å². The smallest absolute Gasteiger partial charge is 0.272 e. The van der Waals surface area contributed by atoms with Crippen molar-refractivity contribution in [1.82, 2.24) is 9.55 Å². The van der Waals surface area contributed by atoms with Gasteiger partial charge in [0, 0.05) is 12.2 Å². The Kier molecular flexibility index (Phi) is 5.19. The molecular weight excluding hydrogens is 361 g/mol. The predicted octanol–water partition coefficient (Wildman–Crippen LogP) is 3.66. The van der Waals surface area contributed by atoms with E-state index in [1.807, 2.05) is 12.3 Å². The Labute approximate surface area is 151 Å². The lowest BCUT2D eigenvalue weighted by Gasteiger charge is -2.11. The highest BCUT2D eigenvalue weighted by atomic mass is 32.2. The lowest BCUT2D eigenvalue weighted by Crippen LogP contribution is -2.22. The number of hydrogen-bond acceptors (Lipinski definition) is 5. The number of benzene rings is 1. The van der Waals surface area contributed by atoms with Crippen molar-refractivity contribution in [3.63, 3.8) is 0 Å². The highest BCUT2D eigenvalue weighted by molar-refractivity contribution is 7.99. The van der Waals surface area contributed by atoms with Crippen LogP contribution in [0.4, 0.5) is 10.1 Å². The number of carbonyl (C=O) groups excluding carboxylic acids is 1. The van der Waals surface area contributed by atoms with Gasteiger partial charge in [-0.2, -0.15) is 0 Å². The lowest BCUT2D eigenvalue weighted by atomic mass is 10.2. The maximum atomic E-state index is 13.1. The van der Waals surface area contributed by atoms with Crippen molar-refractivity contribution < 1.29 is 9.18 Å². The van der Waals surface area contributed by atoms with Crippen LogP contribution in [0.1, 0.15) is 12.5 Å². The summed E-state index contributed by atoms with van der Waals surface area (Å²) in [4.78, 5) is 29.1. The second-order valence-corrected chi connectivity index (χ2v) is 7.23. The van der Waals surface area contributed by atoms with E-state index in [1.165, 1.54) is 41.3 Å². The Morgan fingerprint density at radius 3 is 2.92 bits per heavy atom. The van der Waals surface area contributed by atoms with E-state index in [0.717, 1.165) is 0 Å². The Bertz CT molecular complexity index is 997. The first kappa shape index (κ1) is 17.6. The number of anilines is 1. The third-order valence-corrected chi connectivity index (χ3v) is 5.51. The molecule has 2 heterocycles. The second kappa shape index (κ2) is 7.37. The quantitative estimate of drug-likeness (QED) is 0.544. The molecule has 0 bridgehead atoms. The van der Waals surface area contributed by atoms with Crippen LogP contribution in [0, 0.1) is 12.7 Å². The Morgan fingerprint density at radius 2 is 2.20 bits per heavy atom. The van der Waals surface area contributed by atoms with E-state index in [2.05, 4.69) is 10.3 Å². The summed E-state index contributed by atoms with van der Waals surface area (Å²) in [6.07, 6.45) is 0. The molecule has 25 heavy (non-hydrogen) atoms. The highest BCUT2D eigenvalue weighted by Crippen LogP contribution is 2.21. The number of aromatic nitrogens is 2. The van der Waals surface area contributed by atoms with Crippen LogP contribution in [0.25, 0.3) is 10.2 Å². The minimum Gasteiger partial charge on any atom is -0.325 e. The molecule has 0 aliphatic heterocycles. The molecule has 0 unspecified atom stereocenters. The van der Waals surface area contributed by atoms with Gasteiger partial charge in [0.1, 0.15) is 10.5 Å². The molecule has 1 amide bonds. The number of nitrogens with one attached hydrogen (secondary N) is 1. The molecule has 0 fully saturated rings. The van der Waals surface area contributed by atoms with E-state index in [0.29, 0.717) is 33.2 Å². The summed E-state index contributed by atoms with van der Waals surface area (Å²) in [6.45, 7) is 4.09. The normalized spacial score (nSPS) is 11.0. The highest BCUT2D eigenvalue weighted by Gasteiger charge is 2.13. The summed E-state index contributed by atoms with van der Waals surface area (Å²) >= 11 is 2.58. The fourth-order valence-corrected chi connectivity index (χ4v) is 4.04. The molecule has 3 aromatic rings. The Hall–Kier alpha value is -2.19. The summed E-state index contributed by atoms with van der Waals surface area (Å²) in [7, 11) is 0. The van der Waals surface area contributed by atoms with Gasteiger partial charge in [-0.25, -0.2) is 9.37 Å². The second-order valence-electron chi connectivity index (χ2n) is 5.37. The zero-order valence-corrected chi connectivity index (χ0v) is 15.3. The van der Waals surface area contributed by atoms with Gasteiger partial charge in [0.2, 0.25) is 5.91 Å². The van der Waals surface area contributed by atoms with Crippen LogP contribution in [-0.2, 0) is 11.3 Å². The van der Waals surface area contributed by atoms with Gasteiger partial charge in [-0.3, -0.25) is 14.2 Å². The van der Waals surface area contributed by atoms with Crippen molar-refractivity contribution in [2.45, 2.75) is 25.5 Å². The molecule has 1 aromatic carbocycles. The monoisotopic (exact) mass is 377 g/mol. The number of halogens is 1. The number of nitrogens with zero attached hydrogens (tertiary/aromatic N) is 2. The van der Waals surface area contributed by atoms with Crippen molar-refractivity contribution in [3.8, 4) is 0 Å². The van der Waals surface area contributed by atoms with Gasteiger partial charge in [0.15, 0.2) is 5.16 Å². The molecule has 0 spiro atoms. The maximum Gasteiger partial charge on any atom is 0.272 e. The molecule has 0 aliphatic carbocycles. The fraction of sp³-hybridized carbons (Fsp3) is 0.235. The summed E-state index contributed by atoms with van der Waals surface area (Å²) in [5.74, 6) is -0.467. The first-order valence-corrected chi connectivity index (χ1v) is 9.53. The molecule has 5 nitrogen and oxygen atoms in total. The van der Waals surface area contributed by atoms with E-state index >= 15 is 0 Å². The van der Waals surface area contributed by atoms with E-state index in [1.54, 1.807) is 17.6 Å². The number of rotatable bonds is 5. The number of aryl methyl sites for hydroxylation is 1. The van der Waals surface area contributed by atoms with Crippen LogP contribution < -0.4 is 10.9 Å². The molecular formula is C17H16FN3O2S2. The SMILES string of the molecule is CCn1c(SCC(=O)Nc2ccc(F)cc2C)nc2ccsc2c1=O. The molecule has 2 aromatic heterocycles. The molecule has 3 rings (SSSR count). The average molecular weight is 377 g/mol. The number of fused-ring (bicyclic) bond motifs is 1. The number of carbonyl (C=O) groups is 1. The minimum absolute atomic E-state index is 0.0835. The third kappa shape index (κ3) is 3.74. The zero-order chi connectivity index (χ0) is 18.0. The van der Waals surface area contributed by atoms with Crippen molar-refractivity contribution >= 4 is 44.9 Å². The number of thiophene rings is 1. The molecule has 1 N–H and O–H groups in total. The number of thioether (sulfide) groups is 1. The van der Waals surface area contributed by atoms with Gasteiger partial charge in [0.25, 0.3) is 5.56 Å². The van der Waals surface area contributed by atoms with Gasteiger partial charge < -0.3 is 5.32 Å². The van der Waals surface area contributed by atoms with Gasteiger partial charge in [-0.15, -0.1) is 11.3 Å². The van der Waals surface area contributed by atoms with Crippen LogP contribution in [-0.4, -0.2) is 21.2 Å². The Balaban J connectivity index is 1.75. The topological polar surface area (TPSA) is 64.0 Å². The van der Waals surface area contributed by atoms with Crippen LogP contribution in [0.15, 0.2) is 39.6 Å². The number of hydrogen-bond donors (Lipinski definition) is 1. The summed E-state index contributed by atoms with van der Waals surface area (Å²) in [5, 5.41) is 5.10. The largest absolute Gasteiger partial charge is 0.325 e. The molecule has 0 saturated carbocycles. The summed E-state index contributed by atoms with van der Waals surface area (Å²) < 4.78 is 15.3. The average Bonchev–Trinajstić information content (AvgIpc) is 3.04.